The lowest BCUT2D eigenvalue weighted by Crippen LogP contribution is -2.34. The van der Waals surface area contributed by atoms with E-state index < -0.39 is 0 Å². The van der Waals surface area contributed by atoms with Gasteiger partial charge in [0.2, 0.25) is 11.8 Å². The fourth-order valence-electron chi connectivity index (χ4n) is 6.61. The van der Waals surface area contributed by atoms with E-state index in [0.717, 1.165) is 48.6 Å². The molecule has 5 nitrogen and oxygen atoms in total. The molecule has 0 bridgehead atoms. The van der Waals surface area contributed by atoms with Gasteiger partial charge in [-0.3, -0.25) is 14.5 Å². The van der Waals surface area contributed by atoms with Crippen LogP contribution < -0.4 is 4.90 Å². The number of carbonyl (C=O) groups is 2. The largest absolute Gasteiger partial charge is 0.507 e. The van der Waals surface area contributed by atoms with E-state index in [1.54, 1.807) is 6.07 Å². The minimum Gasteiger partial charge on any atom is -0.507 e. The lowest BCUT2D eigenvalue weighted by molar-refractivity contribution is -0.122. The van der Waals surface area contributed by atoms with Gasteiger partial charge in [-0.1, -0.05) is 78.0 Å². The van der Waals surface area contributed by atoms with Crippen LogP contribution in [-0.4, -0.2) is 29.6 Å². The molecule has 1 N–H and O–H groups in total. The van der Waals surface area contributed by atoms with Crippen LogP contribution in [0.4, 0.5) is 5.69 Å². The number of amides is 2. The number of anilines is 1. The van der Waals surface area contributed by atoms with Crippen molar-refractivity contribution in [3.63, 3.8) is 0 Å². The van der Waals surface area contributed by atoms with Gasteiger partial charge in [0.15, 0.2) is 0 Å². The molecular weight excluding hydrogens is 542 g/mol. The summed E-state index contributed by atoms with van der Waals surface area (Å²) in [5, 5.41) is 10.4. The van der Waals surface area contributed by atoms with E-state index in [4.69, 9.17) is 4.74 Å². The van der Waals surface area contributed by atoms with E-state index in [-0.39, 0.29) is 41.4 Å². The topological polar surface area (TPSA) is 66.8 Å². The quantitative estimate of drug-likeness (QED) is 0.248. The van der Waals surface area contributed by atoms with Crippen LogP contribution in [0, 0.1) is 17.8 Å². The highest BCUT2D eigenvalue weighted by molar-refractivity contribution is 9.10. The summed E-state index contributed by atoms with van der Waals surface area (Å²) in [6.45, 7) is 4.83. The molecule has 38 heavy (non-hydrogen) atoms. The number of phenolic OH excluding ortho intramolecular Hbond substituents is 1. The molecule has 3 aliphatic rings. The third-order valence-corrected chi connectivity index (χ3v) is 8.72. The van der Waals surface area contributed by atoms with Crippen molar-refractivity contribution >= 4 is 39.5 Å². The Bertz CT molecular complexity index is 1270. The van der Waals surface area contributed by atoms with Gasteiger partial charge in [0, 0.05) is 16.0 Å². The number of rotatable bonds is 9. The number of hydrogen-bond acceptors (Lipinski definition) is 4. The SMILES string of the molecule is CCCC1=C2[C@@H](CC/C(=C/c3cc(Br)ccc3O)CCC)OC[C@@H]2[C@@H]2C(=O)N(c3ccccc3)C(=O)[C@@H]2C1. The monoisotopic (exact) mass is 577 g/mol. The molecule has 2 aromatic carbocycles. The Kier molecular flexibility index (Phi) is 8.20. The van der Waals surface area contributed by atoms with Crippen molar-refractivity contribution in [2.45, 2.75) is 64.9 Å². The zero-order valence-electron chi connectivity index (χ0n) is 22.2. The first-order valence-electron chi connectivity index (χ1n) is 13.9. The van der Waals surface area contributed by atoms with Crippen LogP contribution in [0.25, 0.3) is 6.08 Å². The van der Waals surface area contributed by atoms with Crippen LogP contribution in [0.3, 0.4) is 0 Å². The second kappa shape index (κ2) is 11.6. The zero-order chi connectivity index (χ0) is 26.8. The molecule has 1 aliphatic carbocycles. The van der Waals surface area contributed by atoms with Crippen molar-refractivity contribution < 1.29 is 19.4 Å². The number of carbonyl (C=O) groups excluding carboxylic acids is 2. The average Bonchev–Trinajstić information content (AvgIpc) is 3.44. The summed E-state index contributed by atoms with van der Waals surface area (Å²) >= 11 is 3.51. The number of aromatic hydroxyl groups is 1. The molecule has 2 saturated heterocycles. The molecular formula is C32H36BrNO4. The van der Waals surface area contributed by atoms with Gasteiger partial charge in [-0.15, -0.1) is 0 Å². The van der Waals surface area contributed by atoms with Crippen LogP contribution in [0.1, 0.15) is 64.4 Å². The van der Waals surface area contributed by atoms with Crippen LogP contribution >= 0.6 is 15.9 Å². The standard InChI is InChI=1S/C32H36BrNO4/c1-3-8-20(16-22-17-23(33)13-14-27(22)35)12-15-28-29-21(9-4-2)18-25-30(26(29)19-38-28)32(37)34(31(25)36)24-10-6-5-7-11-24/h5-7,10-11,13-14,16-17,25-26,28,30,35H,3-4,8-9,12,15,18-19H2,1-2H3/b20-16+/t25-,26+,28-,30-/m1/s1. The molecule has 6 heteroatoms. The lowest BCUT2D eigenvalue weighted by atomic mass is 9.68. The van der Waals surface area contributed by atoms with Crippen molar-refractivity contribution in [2.75, 3.05) is 11.5 Å². The Hall–Kier alpha value is -2.70. The Balaban J connectivity index is 1.39. The molecule has 2 aliphatic heterocycles. The molecule has 200 valence electrons. The van der Waals surface area contributed by atoms with E-state index in [9.17, 15) is 14.7 Å². The average molecular weight is 579 g/mol. The number of hydrogen-bond donors (Lipinski definition) is 1. The van der Waals surface area contributed by atoms with Crippen LogP contribution in [0.15, 0.2) is 69.7 Å². The summed E-state index contributed by atoms with van der Waals surface area (Å²) in [4.78, 5) is 28.6. The molecule has 0 unspecified atom stereocenters. The van der Waals surface area contributed by atoms with Crippen LogP contribution in [0.2, 0.25) is 0 Å². The summed E-state index contributed by atoms with van der Waals surface area (Å²) in [6.07, 6.45) is 8.33. The van der Waals surface area contributed by atoms with E-state index >= 15 is 0 Å². The smallest absolute Gasteiger partial charge is 0.238 e. The molecule has 4 atom stereocenters. The summed E-state index contributed by atoms with van der Waals surface area (Å²) in [5.74, 6) is -0.534. The van der Waals surface area contributed by atoms with E-state index in [2.05, 4.69) is 35.9 Å². The lowest BCUT2D eigenvalue weighted by Gasteiger charge is -2.32. The summed E-state index contributed by atoms with van der Waals surface area (Å²) < 4.78 is 7.34. The molecule has 5 rings (SSSR count). The number of imide groups is 1. The number of benzene rings is 2. The number of para-hydroxylation sites is 1. The highest BCUT2D eigenvalue weighted by atomic mass is 79.9. The Morgan fingerprint density at radius 3 is 2.58 bits per heavy atom. The van der Waals surface area contributed by atoms with E-state index in [1.807, 2.05) is 42.5 Å². The number of nitrogens with zero attached hydrogens (tertiary/aromatic N) is 1. The Morgan fingerprint density at radius 1 is 1.05 bits per heavy atom. The maximum absolute atomic E-state index is 13.7. The van der Waals surface area contributed by atoms with Gasteiger partial charge in [0.25, 0.3) is 0 Å². The Morgan fingerprint density at radius 2 is 1.84 bits per heavy atom. The summed E-state index contributed by atoms with van der Waals surface area (Å²) in [5.41, 5.74) is 5.36. The van der Waals surface area contributed by atoms with Gasteiger partial charge in [-0.2, -0.15) is 0 Å². The highest BCUT2D eigenvalue weighted by Gasteiger charge is 2.57. The maximum atomic E-state index is 13.7. The predicted octanol–water partition coefficient (Wildman–Crippen LogP) is 7.44. The van der Waals surface area contributed by atoms with Crippen molar-refractivity contribution in [2.24, 2.45) is 17.8 Å². The van der Waals surface area contributed by atoms with Crippen molar-refractivity contribution in [1.29, 1.82) is 0 Å². The van der Waals surface area contributed by atoms with E-state index in [0.29, 0.717) is 18.7 Å². The summed E-state index contributed by atoms with van der Waals surface area (Å²) in [7, 11) is 0. The van der Waals surface area contributed by atoms with Crippen LogP contribution in [-0.2, 0) is 14.3 Å². The van der Waals surface area contributed by atoms with Crippen molar-refractivity contribution in [1.82, 2.24) is 0 Å². The number of halogens is 1. The number of ether oxygens (including phenoxy) is 1. The molecule has 0 spiro atoms. The van der Waals surface area contributed by atoms with Crippen LogP contribution in [0.5, 0.6) is 5.75 Å². The minimum absolute atomic E-state index is 0.0295. The molecule has 2 heterocycles. The molecule has 0 aromatic heterocycles. The third-order valence-electron chi connectivity index (χ3n) is 8.22. The maximum Gasteiger partial charge on any atom is 0.238 e. The molecule has 0 saturated carbocycles. The predicted molar refractivity (Wildman–Crippen MR) is 154 cm³/mol. The van der Waals surface area contributed by atoms with Crippen molar-refractivity contribution in [3.8, 4) is 5.75 Å². The zero-order valence-corrected chi connectivity index (χ0v) is 23.7. The van der Waals surface area contributed by atoms with Gasteiger partial charge in [-0.05, 0) is 68.0 Å². The molecule has 0 radical (unpaired) electrons. The molecule has 2 fully saturated rings. The van der Waals surface area contributed by atoms with Crippen molar-refractivity contribution in [3.05, 3.63) is 75.3 Å². The first-order chi connectivity index (χ1) is 18.4. The molecule has 2 aromatic rings. The van der Waals surface area contributed by atoms with Gasteiger partial charge in [0.05, 0.1) is 30.2 Å². The number of fused-ring (bicyclic) bond motifs is 3. The van der Waals surface area contributed by atoms with Gasteiger partial charge >= 0.3 is 0 Å². The first-order valence-corrected chi connectivity index (χ1v) is 14.7. The van der Waals surface area contributed by atoms with E-state index in [1.165, 1.54) is 21.6 Å². The van der Waals surface area contributed by atoms with Gasteiger partial charge < -0.3 is 9.84 Å². The summed E-state index contributed by atoms with van der Waals surface area (Å²) in [6, 6.07) is 14.8. The highest BCUT2D eigenvalue weighted by Crippen LogP contribution is 2.51. The third kappa shape index (κ3) is 5.13. The number of phenols is 1. The first kappa shape index (κ1) is 26.9. The van der Waals surface area contributed by atoms with Gasteiger partial charge in [0.1, 0.15) is 5.75 Å². The normalized spacial score (nSPS) is 25.2. The Labute approximate surface area is 233 Å². The minimum atomic E-state index is -0.340. The van der Waals surface area contributed by atoms with Gasteiger partial charge in [-0.25, -0.2) is 0 Å². The second-order valence-corrected chi connectivity index (χ2v) is 11.6. The molecule has 2 amide bonds. The number of allylic oxidation sites excluding steroid dienone is 2. The second-order valence-electron chi connectivity index (χ2n) is 10.7. The fourth-order valence-corrected chi connectivity index (χ4v) is 6.99. The fraction of sp³-hybridized carbons (Fsp3) is 0.438.